The molecule has 0 radical (unpaired) electrons. The van der Waals surface area contributed by atoms with Crippen LogP contribution in [0.2, 0.25) is 0 Å². The molecule has 0 saturated carbocycles. The predicted octanol–water partition coefficient (Wildman–Crippen LogP) is 0.931. The number of nitrogens with one attached hydrogen (secondary N) is 2. The van der Waals surface area contributed by atoms with Gasteiger partial charge in [-0.1, -0.05) is 0 Å². The maximum atomic E-state index is 11.8. The van der Waals surface area contributed by atoms with Gasteiger partial charge in [0.05, 0.1) is 0 Å². The Morgan fingerprint density at radius 3 is 2.73 bits per heavy atom. The van der Waals surface area contributed by atoms with Gasteiger partial charge in [-0.05, 0) is 39.7 Å². The summed E-state index contributed by atoms with van der Waals surface area (Å²) in [7, 11) is 0. The zero-order chi connectivity index (χ0) is 10.8. The molecule has 2 aliphatic heterocycles. The Hall–Kier alpha value is -0.770. The van der Waals surface area contributed by atoms with Gasteiger partial charge in [0.1, 0.15) is 0 Å². The van der Waals surface area contributed by atoms with Gasteiger partial charge >= 0.3 is 6.03 Å². The molecule has 3 atom stereocenters. The largest absolute Gasteiger partial charge is 0.338 e. The quantitative estimate of drug-likeness (QED) is 0.677. The third-order valence-electron chi connectivity index (χ3n) is 3.63. The van der Waals surface area contributed by atoms with Gasteiger partial charge in [0.15, 0.2) is 0 Å². The predicted molar refractivity (Wildman–Crippen MR) is 59.8 cm³/mol. The molecule has 2 heterocycles. The summed E-state index contributed by atoms with van der Waals surface area (Å²) in [4.78, 5) is 13.9. The minimum absolute atomic E-state index is 0.120. The molecular formula is C11H21N3O. The number of hydrogen-bond acceptors (Lipinski definition) is 2. The van der Waals surface area contributed by atoms with Crippen molar-refractivity contribution in [1.29, 1.82) is 0 Å². The number of piperidine rings is 1. The third kappa shape index (κ3) is 2.09. The molecule has 4 heteroatoms. The molecule has 4 nitrogen and oxygen atoms in total. The SMILES string of the molecule is CC1CCNC(=O)N1[C@@H]1CCCN[C@@H]1C. The first kappa shape index (κ1) is 10.7. The van der Waals surface area contributed by atoms with Crippen molar-refractivity contribution in [3.8, 4) is 0 Å². The second kappa shape index (κ2) is 4.39. The number of amides is 2. The molecule has 0 bridgehead atoms. The summed E-state index contributed by atoms with van der Waals surface area (Å²) < 4.78 is 0. The average molecular weight is 211 g/mol. The van der Waals surface area contributed by atoms with Crippen molar-refractivity contribution < 1.29 is 4.79 Å². The van der Waals surface area contributed by atoms with Crippen molar-refractivity contribution in [1.82, 2.24) is 15.5 Å². The molecular weight excluding hydrogens is 190 g/mol. The fourth-order valence-corrected chi connectivity index (χ4v) is 2.70. The van der Waals surface area contributed by atoms with Gasteiger partial charge in [-0.15, -0.1) is 0 Å². The monoisotopic (exact) mass is 211 g/mol. The normalized spacial score (nSPS) is 37.6. The van der Waals surface area contributed by atoms with Crippen LogP contribution < -0.4 is 10.6 Å². The van der Waals surface area contributed by atoms with Gasteiger partial charge in [0, 0.05) is 24.7 Å². The summed E-state index contributed by atoms with van der Waals surface area (Å²) in [6.07, 6.45) is 3.37. The molecule has 0 spiro atoms. The molecule has 2 rings (SSSR count). The number of carbonyl (C=O) groups excluding carboxylic acids is 1. The Bertz CT molecular complexity index is 244. The summed E-state index contributed by atoms with van der Waals surface area (Å²) in [5.41, 5.74) is 0. The molecule has 2 amide bonds. The van der Waals surface area contributed by atoms with E-state index in [4.69, 9.17) is 0 Å². The van der Waals surface area contributed by atoms with E-state index in [0.29, 0.717) is 18.1 Å². The van der Waals surface area contributed by atoms with Crippen LogP contribution in [0.25, 0.3) is 0 Å². The van der Waals surface area contributed by atoms with Crippen molar-refractivity contribution in [2.24, 2.45) is 0 Å². The zero-order valence-corrected chi connectivity index (χ0v) is 9.62. The summed E-state index contributed by atoms with van der Waals surface area (Å²) >= 11 is 0. The molecule has 0 aromatic heterocycles. The molecule has 2 saturated heterocycles. The maximum Gasteiger partial charge on any atom is 0.317 e. The average Bonchev–Trinajstić information content (AvgIpc) is 2.20. The maximum absolute atomic E-state index is 11.8. The molecule has 0 aliphatic carbocycles. The number of urea groups is 1. The van der Waals surface area contributed by atoms with E-state index < -0.39 is 0 Å². The first-order valence-electron chi connectivity index (χ1n) is 5.99. The van der Waals surface area contributed by atoms with Crippen LogP contribution in [-0.2, 0) is 0 Å². The molecule has 1 unspecified atom stereocenters. The Morgan fingerprint density at radius 2 is 2.07 bits per heavy atom. The molecule has 2 N–H and O–H groups in total. The van der Waals surface area contributed by atoms with E-state index in [2.05, 4.69) is 24.5 Å². The molecule has 86 valence electrons. The highest BCUT2D eigenvalue weighted by Gasteiger charge is 2.35. The Labute approximate surface area is 91.4 Å². The van der Waals surface area contributed by atoms with Crippen LogP contribution >= 0.6 is 0 Å². The van der Waals surface area contributed by atoms with Gasteiger partial charge in [0.2, 0.25) is 0 Å². The smallest absolute Gasteiger partial charge is 0.317 e. The van der Waals surface area contributed by atoms with E-state index in [1.807, 2.05) is 4.90 Å². The molecule has 15 heavy (non-hydrogen) atoms. The van der Waals surface area contributed by atoms with Crippen LogP contribution in [0, 0.1) is 0 Å². The van der Waals surface area contributed by atoms with Crippen LogP contribution in [0.4, 0.5) is 4.79 Å². The first-order chi connectivity index (χ1) is 7.20. The highest BCUT2D eigenvalue weighted by atomic mass is 16.2. The molecule has 2 fully saturated rings. The lowest BCUT2D eigenvalue weighted by molar-refractivity contribution is 0.0984. The van der Waals surface area contributed by atoms with Gasteiger partial charge in [-0.2, -0.15) is 0 Å². The lowest BCUT2D eigenvalue weighted by atomic mass is 9.95. The Balaban J connectivity index is 2.08. The van der Waals surface area contributed by atoms with Crippen molar-refractivity contribution in [3.63, 3.8) is 0 Å². The van der Waals surface area contributed by atoms with E-state index in [0.717, 1.165) is 25.9 Å². The minimum Gasteiger partial charge on any atom is -0.338 e. The van der Waals surface area contributed by atoms with Crippen molar-refractivity contribution in [3.05, 3.63) is 0 Å². The van der Waals surface area contributed by atoms with E-state index in [-0.39, 0.29) is 6.03 Å². The number of hydrogen-bond donors (Lipinski definition) is 2. The van der Waals surface area contributed by atoms with Crippen LogP contribution in [0.3, 0.4) is 0 Å². The second-order valence-corrected chi connectivity index (χ2v) is 4.73. The topological polar surface area (TPSA) is 44.4 Å². The number of carbonyl (C=O) groups is 1. The fraction of sp³-hybridized carbons (Fsp3) is 0.909. The van der Waals surface area contributed by atoms with Gasteiger partial charge in [0.25, 0.3) is 0 Å². The zero-order valence-electron chi connectivity index (χ0n) is 9.62. The summed E-state index contributed by atoms with van der Waals surface area (Å²) in [5.74, 6) is 0. The molecule has 0 aromatic rings. The highest BCUT2D eigenvalue weighted by Crippen LogP contribution is 2.21. The Morgan fingerprint density at radius 1 is 1.27 bits per heavy atom. The Kier molecular flexibility index (Phi) is 3.14. The lowest BCUT2D eigenvalue weighted by Crippen LogP contribution is -2.61. The fourth-order valence-electron chi connectivity index (χ4n) is 2.70. The number of nitrogens with zero attached hydrogens (tertiary/aromatic N) is 1. The van der Waals surface area contributed by atoms with E-state index in [1.165, 1.54) is 6.42 Å². The number of rotatable bonds is 1. The van der Waals surface area contributed by atoms with Crippen LogP contribution in [0.5, 0.6) is 0 Å². The van der Waals surface area contributed by atoms with Gasteiger partial charge in [-0.25, -0.2) is 4.79 Å². The first-order valence-corrected chi connectivity index (χ1v) is 5.99. The molecule has 2 aliphatic rings. The second-order valence-electron chi connectivity index (χ2n) is 4.73. The van der Waals surface area contributed by atoms with Crippen molar-refractivity contribution in [2.75, 3.05) is 13.1 Å². The van der Waals surface area contributed by atoms with E-state index in [1.54, 1.807) is 0 Å². The highest BCUT2D eigenvalue weighted by molar-refractivity contribution is 5.75. The minimum atomic E-state index is 0.120. The van der Waals surface area contributed by atoms with Gasteiger partial charge < -0.3 is 15.5 Å². The summed E-state index contributed by atoms with van der Waals surface area (Å²) in [6, 6.07) is 1.29. The molecule has 0 aromatic carbocycles. The van der Waals surface area contributed by atoms with Crippen molar-refractivity contribution >= 4 is 6.03 Å². The standard InChI is InChI=1S/C11H21N3O/c1-8-5-7-13-11(15)14(8)10-4-3-6-12-9(10)2/h8-10,12H,3-7H2,1-2H3,(H,13,15)/t8?,9-,10-/m1/s1. The third-order valence-corrected chi connectivity index (χ3v) is 3.63. The van der Waals surface area contributed by atoms with Crippen LogP contribution in [0.15, 0.2) is 0 Å². The summed E-state index contributed by atoms with van der Waals surface area (Å²) in [6.45, 7) is 6.24. The van der Waals surface area contributed by atoms with Gasteiger partial charge in [-0.3, -0.25) is 0 Å². The van der Waals surface area contributed by atoms with Crippen molar-refractivity contribution in [2.45, 2.75) is 51.2 Å². The van der Waals surface area contributed by atoms with Crippen LogP contribution in [0.1, 0.15) is 33.1 Å². The van der Waals surface area contributed by atoms with E-state index in [9.17, 15) is 4.79 Å². The lowest BCUT2D eigenvalue weighted by Gasteiger charge is -2.44. The van der Waals surface area contributed by atoms with Crippen LogP contribution in [-0.4, -0.2) is 42.1 Å². The van der Waals surface area contributed by atoms with E-state index >= 15 is 0 Å². The summed E-state index contributed by atoms with van der Waals surface area (Å²) in [5, 5.41) is 6.39.